The van der Waals surface area contributed by atoms with Crippen LogP contribution in [0.3, 0.4) is 0 Å². The molecule has 2 atom stereocenters. The zero-order valence-electron chi connectivity index (χ0n) is 17.8. The second-order valence-corrected chi connectivity index (χ2v) is 8.59. The third kappa shape index (κ3) is 4.22. The Hall–Kier alpha value is -2.78. The van der Waals surface area contributed by atoms with Crippen LogP contribution in [0.2, 0.25) is 10.0 Å². The lowest BCUT2D eigenvalue weighted by atomic mass is 9.92. The van der Waals surface area contributed by atoms with Crippen LogP contribution < -0.4 is 9.80 Å². The lowest BCUT2D eigenvalue weighted by Crippen LogP contribution is -2.51. The van der Waals surface area contributed by atoms with Gasteiger partial charge in [-0.2, -0.15) is 13.2 Å². The number of hydrogen-bond acceptors (Lipinski definition) is 3. The molecule has 1 heterocycles. The van der Waals surface area contributed by atoms with E-state index in [2.05, 4.69) is 0 Å². The maximum absolute atomic E-state index is 13.8. The van der Waals surface area contributed by atoms with E-state index in [0.717, 1.165) is 17.0 Å². The van der Waals surface area contributed by atoms with Crippen molar-refractivity contribution in [1.29, 1.82) is 0 Å². The van der Waals surface area contributed by atoms with Crippen LogP contribution in [0.15, 0.2) is 72.8 Å². The van der Waals surface area contributed by atoms with Gasteiger partial charge in [-0.15, -0.1) is 0 Å². The van der Waals surface area contributed by atoms with E-state index in [-0.39, 0.29) is 17.9 Å². The monoisotopic (exact) mass is 510 g/mol. The summed E-state index contributed by atoms with van der Waals surface area (Å²) in [6.45, 7) is -0.175. The highest BCUT2D eigenvalue weighted by Gasteiger charge is 2.59. The van der Waals surface area contributed by atoms with Gasteiger partial charge in [-0.3, -0.25) is 9.80 Å². The molecule has 178 valence electrons. The van der Waals surface area contributed by atoms with Crippen LogP contribution in [0.25, 0.3) is 0 Å². The number of methoxy groups -OCH3 is 1. The molecule has 1 aliphatic heterocycles. The molecule has 1 fully saturated rings. The van der Waals surface area contributed by atoms with E-state index in [1.54, 1.807) is 24.3 Å². The Bertz CT molecular complexity index is 1190. The highest BCUT2D eigenvalue weighted by atomic mass is 35.5. The quantitative estimate of drug-likeness (QED) is 0.437. The Labute approximate surface area is 203 Å². The largest absolute Gasteiger partial charge is 0.416 e. The van der Waals surface area contributed by atoms with Crippen LogP contribution in [0.4, 0.5) is 29.3 Å². The summed E-state index contributed by atoms with van der Waals surface area (Å²) in [4.78, 5) is 16.1. The standard InChI is InChI=1S/C24H19Cl2F3N2O3/c1-34-14-21-23(33,15-3-2-4-16(13-15)24(27,28)29)31(20-11-7-18(26)8-12-20)22(32)30(21)19-9-5-17(25)6-10-19/h2-13,21,33H,14H2,1H3/t21-,23?/m1/s1. The SMILES string of the molecule is COC[C@H]1N(c2ccc(Cl)cc2)C(=O)N(c2ccc(Cl)cc2)C1(O)c1cccc(C(F)(F)F)c1. The summed E-state index contributed by atoms with van der Waals surface area (Å²) in [5.74, 6) is 0. The first kappa shape index (κ1) is 24.3. The third-order valence-electron chi connectivity index (χ3n) is 5.64. The number of carbonyl (C=O) groups excluding carboxylic acids is 1. The van der Waals surface area contributed by atoms with Crippen LogP contribution in [0.1, 0.15) is 11.1 Å². The minimum Gasteiger partial charge on any atom is -0.382 e. The normalized spacial score (nSPS) is 20.8. The second kappa shape index (κ2) is 9.11. The van der Waals surface area contributed by atoms with Gasteiger partial charge in [0, 0.05) is 34.1 Å². The second-order valence-electron chi connectivity index (χ2n) is 7.72. The molecule has 34 heavy (non-hydrogen) atoms. The van der Waals surface area contributed by atoms with Crippen molar-refractivity contribution in [3.63, 3.8) is 0 Å². The number of benzene rings is 3. The molecule has 1 aliphatic rings. The maximum atomic E-state index is 13.8. The van der Waals surface area contributed by atoms with Gasteiger partial charge in [0.25, 0.3) is 0 Å². The number of hydrogen-bond donors (Lipinski definition) is 1. The molecule has 0 radical (unpaired) electrons. The predicted molar refractivity (Wildman–Crippen MR) is 124 cm³/mol. The fraction of sp³-hybridized carbons (Fsp3) is 0.208. The average molecular weight is 511 g/mol. The molecule has 0 aromatic heterocycles. The molecule has 1 N–H and O–H groups in total. The molecule has 3 aromatic rings. The fourth-order valence-corrected chi connectivity index (χ4v) is 4.35. The summed E-state index contributed by atoms with van der Waals surface area (Å²) in [5.41, 5.74) is -2.67. The Kier molecular flexibility index (Phi) is 6.52. The highest BCUT2D eigenvalue weighted by Crippen LogP contribution is 2.46. The number of rotatable bonds is 5. The number of halogens is 5. The molecule has 0 saturated carbocycles. The zero-order valence-corrected chi connectivity index (χ0v) is 19.3. The van der Waals surface area contributed by atoms with E-state index in [9.17, 15) is 23.1 Å². The van der Waals surface area contributed by atoms with Gasteiger partial charge in [0.15, 0.2) is 5.72 Å². The number of carbonyl (C=O) groups is 1. The predicted octanol–water partition coefficient (Wildman–Crippen LogP) is 6.32. The van der Waals surface area contributed by atoms with Crippen molar-refractivity contribution < 1.29 is 27.8 Å². The topological polar surface area (TPSA) is 53.0 Å². The minimum atomic E-state index is -4.65. The van der Waals surface area contributed by atoms with Crippen molar-refractivity contribution in [1.82, 2.24) is 0 Å². The van der Waals surface area contributed by atoms with Crippen LogP contribution in [-0.2, 0) is 16.6 Å². The molecule has 10 heteroatoms. The number of anilines is 2. The van der Waals surface area contributed by atoms with E-state index in [1.165, 1.54) is 48.4 Å². The first-order chi connectivity index (χ1) is 16.1. The molecule has 0 spiro atoms. The van der Waals surface area contributed by atoms with E-state index >= 15 is 0 Å². The van der Waals surface area contributed by atoms with Crippen molar-refractivity contribution >= 4 is 40.6 Å². The molecule has 0 bridgehead atoms. The third-order valence-corrected chi connectivity index (χ3v) is 6.15. The van der Waals surface area contributed by atoms with E-state index < -0.39 is 29.5 Å². The van der Waals surface area contributed by atoms with Crippen molar-refractivity contribution in [2.24, 2.45) is 0 Å². The highest BCUT2D eigenvalue weighted by molar-refractivity contribution is 6.31. The zero-order chi connectivity index (χ0) is 24.7. The Morgan fingerprint density at radius 2 is 1.53 bits per heavy atom. The van der Waals surface area contributed by atoms with E-state index in [0.29, 0.717) is 15.7 Å². The first-order valence-corrected chi connectivity index (χ1v) is 10.9. The molecule has 0 aliphatic carbocycles. The number of nitrogens with zero attached hydrogens (tertiary/aromatic N) is 2. The van der Waals surface area contributed by atoms with Gasteiger partial charge in [0.05, 0.1) is 12.2 Å². The number of ether oxygens (including phenoxy) is 1. The van der Waals surface area contributed by atoms with Crippen LogP contribution in [-0.4, -0.2) is 30.9 Å². The molecule has 1 unspecified atom stereocenters. The van der Waals surface area contributed by atoms with Gasteiger partial charge in [-0.25, -0.2) is 4.79 Å². The summed E-state index contributed by atoms with van der Waals surface area (Å²) in [6.07, 6.45) is -4.65. The Morgan fingerprint density at radius 1 is 0.971 bits per heavy atom. The van der Waals surface area contributed by atoms with Gasteiger partial charge in [0.1, 0.15) is 6.04 Å². The lowest BCUT2D eigenvalue weighted by Gasteiger charge is -2.37. The number of urea groups is 1. The van der Waals surface area contributed by atoms with Gasteiger partial charge >= 0.3 is 12.2 Å². The molecule has 4 rings (SSSR count). The summed E-state index contributed by atoms with van der Waals surface area (Å²) in [5, 5.41) is 13.0. The van der Waals surface area contributed by atoms with Gasteiger partial charge in [-0.05, 0) is 60.7 Å². The van der Waals surface area contributed by atoms with Crippen LogP contribution >= 0.6 is 23.2 Å². The molecular formula is C24H19Cl2F3N2O3. The Balaban J connectivity index is 1.96. The van der Waals surface area contributed by atoms with Crippen molar-refractivity contribution in [3.8, 4) is 0 Å². The molecule has 5 nitrogen and oxygen atoms in total. The van der Waals surface area contributed by atoms with E-state index in [4.69, 9.17) is 27.9 Å². The average Bonchev–Trinajstić information content (AvgIpc) is 3.02. The maximum Gasteiger partial charge on any atom is 0.416 e. The fourth-order valence-electron chi connectivity index (χ4n) is 4.10. The summed E-state index contributed by atoms with van der Waals surface area (Å²) < 4.78 is 45.9. The summed E-state index contributed by atoms with van der Waals surface area (Å²) >= 11 is 12.0. The first-order valence-electron chi connectivity index (χ1n) is 10.1. The van der Waals surface area contributed by atoms with Crippen molar-refractivity contribution in [2.45, 2.75) is 17.9 Å². The van der Waals surface area contributed by atoms with Crippen LogP contribution in [0.5, 0.6) is 0 Å². The Morgan fingerprint density at radius 3 is 2.06 bits per heavy atom. The summed E-state index contributed by atoms with van der Waals surface area (Å²) in [6, 6.07) is 14.9. The molecular weight excluding hydrogens is 492 g/mol. The lowest BCUT2D eigenvalue weighted by molar-refractivity contribution is -0.137. The van der Waals surface area contributed by atoms with Crippen molar-refractivity contribution in [2.75, 3.05) is 23.5 Å². The minimum absolute atomic E-state index is 0.121. The van der Waals surface area contributed by atoms with Crippen molar-refractivity contribution in [3.05, 3.63) is 94.0 Å². The smallest absolute Gasteiger partial charge is 0.382 e. The van der Waals surface area contributed by atoms with Gasteiger partial charge in [0.2, 0.25) is 0 Å². The van der Waals surface area contributed by atoms with Crippen LogP contribution in [0, 0.1) is 0 Å². The number of alkyl halides is 3. The summed E-state index contributed by atoms with van der Waals surface area (Å²) in [7, 11) is 1.38. The van der Waals surface area contributed by atoms with E-state index in [1.807, 2.05) is 0 Å². The molecule has 3 aromatic carbocycles. The number of amides is 2. The van der Waals surface area contributed by atoms with Gasteiger partial charge < -0.3 is 9.84 Å². The van der Waals surface area contributed by atoms with Gasteiger partial charge in [-0.1, -0.05) is 35.3 Å². The number of aliphatic hydroxyl groups is 1. The molecule has 2 amide bonds. The molecule has 1 saturated heterocycles.